The molecular formula is C31H32N2O4. The van der Waals surface area contributed by atoms with Gasteiger partial charge in [-0.2, -0.15) is 0 Å². The van der Waals surface area contributed by atoms with Crippen LogP contribution in [0, 0.1) is 0 Å². The normalized spacial score (nSPS) is 13.9. The first-order valence-corrected chi connectivity index (χ1v) is 12.9. The molecule has 1 aromatic heterocycles. The largest absolute Gasteiger partial charge is 0.486 e. The molecule has 6 nitrogen and oxygen atoms in total. The van der Waals surface area contributed by atoms with Crippen LogP contribution in [-0.4, -0.2) is 27.2 Å². The minimum Gasteiger partial charge on any atom is -0.486 e. The maximum atomic E-state index is 11.5. The highest BCUT2D eigenvalue weighted by atomic mass is 16.5. The minimum atomic E-state index is -0.942. The van der Waals surface area contributed by atoms with E-state index in [9.17, 15) is 9.90 Å². The molecule has 0 unspecified atom stereocenters. The number of hydrogen-bond donors (Lipinski definition) is 1. The van der Waals surface area contributed by atoms with E-state index in [0.717, 1.165) is 29.7 Å². The number of carboxylic acid groups (broad SMARTS) is 1. The molecule has 1 N–H and O–H groups in total. The molecule has 5 rings (SSSR count). The molecule has 0 spiro atoms. The summed E-state index contributed by atoms with van der Waals surface area (Å²) >= 11 is 0. The highest BCUT2D eigenvalue weighted by Crippen LogP contribution is 2.37. The van der Waals surface area contributed by atoms with Crippen LogP contribution in [0.1, 0.15) is 62.4 Å². The Balaban J connectivity index is 1.45. The van der Waals surface area contributed by atoms with Crippen molar-refractivity contribution in [2.75, 3.05) is 6.61 Å². The zero-order valence-electron chi connectivity index (χ0n) is 21.3. The average Bonchev–Trinajstić information content (AvgIpc) is 3.29. The van der Waals surface area contributed by atoms with Crippen LogP contribution in [0.25, 0.3) is 22.4 Å². The third-order valence-electron chi connectivity index (χ3n) is 6.80. The summed E-state index contributed by atoms with van der Waals surface area (Å²) < 4.78 is 14.4. The number of ether oxygens (including phenoxy) is 2. The number of fused-ring (bicyclic) bond motifs is 1. The smallest absolute Gasteiger partial charge is 0.335 e. The van der Waals surface area contributed by atoms with Crippen LogP contribution in [-0.2, 0) is 0 Å². The summed E-state index contributed by atoms with van der Waals surface area (Å²) in [7, 11) is 0. The van der Waals surface area contributed by atoms with Crippen molar-refractivity contribution < 1.29 is 19.4 Å². The lowest BCUT2D eigenvalue weighted by atomic mass is 9.95. The number of para-hydroxylation sites is 2. The van der Waals surface area contributed by atoms with E-state index in [-0.39, 0.29) is 5.56 Å². The summed E-state index contributed by atoms with van der Waals surface area (Å²) in [6.45, 7) is 4.57. The van der Waals surface area contributed by atoms with Crippen molar-refractivity contribution in [3.63, 3.8) is 0 Å². The number of hydrogen-bond acceptors (Lipinski definition) is 4. The van der Waals surface area contributed by atoms with E-state index in [1.54, 1.807) is 12.1 Å². The Labute approximate surface area is 217 Å². The van der Waals surface area contributed by atoms with E-state index in [0.29, 0.717) is 35.4 Å². The number of carboxylic acids is 1. The van der Waals surface area contributed by atoms with Gasteiger partial charge in [-0.05, 0) is 87.4 Å². The van der Waals surface area contributed by atoms with Gasteiger partial charge in [-0.25, -0.2) is 9.78 Å². The SMILES string of the molecule is CC(C)=CCOc1ccccc1Oc1ccc(-c2nc3cc(C(=O)O)ccc3n2C2CCCCC2)cc1. The summed E-state index contributed by atoms with van der Waals surface area (Å²) in [6, 6.07) is 21.2. The zero-order chi connectivity index (χ0) is 25.8. The minimum absolute atomic E-state index is 0.251. The quantitative estimate of drug-likeness (QED) is 0.250. The molecule has 4 aromatic rings. The van der Waals surface area contributed by atoms with Gasteiger partial charge in [0.15, 0.2) is 11.5 Å². The second-order valence-electron chi connectivity index (χ2n) is 9.77. The van der Waals surface area contributed by atoms with Crippen molar-refractivity contribution in [2.45, 2.75) is 52.0 Å². The van der Waals surface area contributed by atoms with Gasteiger partial charge in [0.1, 0.15) is 18.2 Å². The summed E-state index contributed by atoms with van der Waals surface area (Å²) in [5.74, 6) is 1.98. The van der Waals surface area contributed by atoms with Crippen molar-refractivity contribution in [3.05, 3.63) is 83.9 Å². The lowest BCUT2D eigenvalue weighted by molar-refractivity contribution is 0.0697. The number of carbonyl (C=O) groups is 1. The molecule has 190 valence electrons. The van der Waals surface area contributed by atoms with Crippen molar-refractivity contribution in [1.29, 1.82) is 0 Å². The number of imidazole rings is 1. The summed E-state index contributed by atoms with van der Waals surface area (Å²) in [5, 5.41) is 9.47. The molecule has 1 aliphatic rings. The molecular weight excluding hydrogens is 464 g/mol. The van der Waals surface area contributed by atoms with Gasteiger partial charge in [0.2, 0.25) is 0 Å². The lowest BCUT2D eigenvalue weighted by Gasteiger charge is -2.25. The van der Waals surface area contributed by atoms with Gasteiger partial charge < -0.3 is 19.1 Å². The van der Waals surface area contributed by atoms with E-state index < -0.39 is 5.97 Å². The number of rotatable bonds is 8. The highest BCUT2D eigenvalue weighted by Gasteiger charge is 2.23. The number of benzene rings is 3. The predicted molar refractivity (Wildman–Crippen MR) is 146 cm³/mol. The molecule has 1 saturated carbocycles. The lowest BCUT2D eigenvalue weighted by Crippen LogP contribution is -2.14. The van der Waals surface area contributed by atoms with Crippen LogP contribution in [0.4, 0.5) is 0 Å². The summed E-state index contributed by atoms with van der Waals surface area (Å²) in [6.07, 6.45) is 7.88. The monoisotopic (exact) mass is 496 g/mol. The van der Waals surface area contributed by atoms with E-state index in [2.05, 4.69) is 4.57 Å². The third-order valence-corrected chi connectivity index (χ3v) is 6.80. The molecule has 1 aliphatic carbocycles. The van der Waals surface area contributed by atoms with E-state index in [4.69, 9.17) is 14.5 Å². The maximum Gasteiger partial charge on any atom is 0.335 e. The molecule has 3 aromatic carbocycles. The Hall–Kier alpha value is -4.06. The van der Waals surface area contributed by atoms with Gasteiger partial charge in [0.25, 0.3) is 0 Å². The molecule has 37 heavy (non-hydrogen) atoms. The molecule has 0 radical (unpaired) electrons. The Kier molecular flexibility index (Phi) is 7.26. The van der Waals surface area contributed by atoms with E-state index in [1.807, 2.05) is 74.5 Å². The molecule has 6 heteroatoms. The maximum absolute atomic E-state index is 11.5. The van der Waals surface area contributed by atoms with Gasteiger partial charge in [-0.1, -0.05) is 37.0 Å². The Morgan fingerprint density at radius 2 is 1.73 bits per heavy atom. The van der Waals surface area contributed by atoms with E-state index in [1.165, 1.54) is 24.8 Å². The number of nitrogens with zero attached hydrogens (tertiary/aromatic N) is 2. The first-order valence-electron chi connectivity index (χ1n) is 12.9. The Bertz CT molecular complexity index is 1430. The van der Waals surface area contributed by atoms with Gasteiger partial charge in [-0.15, -0.1) is 0 Å². The number of aromatic carboxylic acids is 1. The van der Waals surface area contributed by atoms with Crippen molar-refractivity contribution in [2.24, 2.45) is 0 Å². The van der Waals surface area contributed by atoms with Crippen LogP contribution in [0.15, 0.2) is 78.4 Å². The summed E-state index contributed by atoms with van der Waals surface area (Å²) in [5.41, 5.74) is 4.12. The van der Waals surface area contributed by atoms with Crippen molar-refractivity contribution >= 4 is 17.0 Å². The Morgan fingerprint density at radius 3 is 2.43 bits per heavy atom. The van der Waals surface area contributed by atoms with Gasteiger partial charge in [-0.3, -0.25) is 0 Å². The fraction of sp³-hybridized carbons (Fsp3) is 0.290. The van der Waals surface area contributed by atoms with Gasteiger partial charge in [0, 0.05) is 11.6 Å². The topological polar surface area (TPSA) is 73.6 Å². The van der Waals surface area contributed by atoms with Gasteiger partial charge in [0.05, 0.1) is 16.6 Å². The molecule has 1 heterocycles. The first-order chi connectivity index (χ1) is 18.0. The van der Waals surface area contributed by atoms with Crippen LogP contribution in [0.2, 0.25) is 0 Å². The van der Waals surface area contributed by atoms with E-state index >= 15 is 0 Å². The molecule has 0 saturated heterocycles. The highest BCUT2D eigenvalue weighted by molar-refractivity contribution is 5.93. The first kappa shape index (κ1) is 24.6. The van der Waals surface area contributed by atoms with Crippen LogP contribution in [0.3, 0.4) is 0 Å². The molecule has 0 aliphatic heterocycles. The Morgan fingerprint density at radius 1 is 1.00 bits per heavy atom. The van der Waals surface area contributed by atoms with Crippen LogP contribution in [0.5, 0.6) is 17.2 Å². The predicted octanol–water partition coefficient (Wildman–Crippen LogP) is 8.04. The summed E-state index contributed by atoms with van der Waals surface area (Å²) in [4.78, 5) is 16.5. The molecule has 1 fully saturated rings. The van der Waals surface area contributed by atoms with Gasteiger partial charge >= 0.3 is 5.97 Å². The zero-order valence-corrected chi connectivity index (χ0v) is 21.3. The van der Waals surface area contributed by atoms with Crippen molar-refractivity contribution in [3.8, 4) is 28.6 Å². The number of aromatic nitrogens is 2. The van der Waals surface area contributed by atoms with Crippen molar-refractivity contribution in [1.82, 2.24) is 9.55 Å². The standard InChI is InChI=1S/C31H32N2O4/c1-21(2)18-19-36-28-10-6-7-11-29(28)37-25-15-12-22(13-16-25)30-32-26-20-23(31(34)35)14-17-27(26)33(30)24-8-4-3-5-9-24/h6-7,10-18,20,24H,3-5,8-9,19H2,1-2H3,(H,34,35). The number of allylic oxidation sites excluding steroid dienone is 1. The van der Waals surface area contributed by atoms with Crippen LogP contribution >= 0.6 is 0 Å². The third kappa shape index (κ3) is 5.53. The molecule has 0 bridgehead atoms. The molecule has 0 atom stereocenters. The second kappa shape index (κ2) is 10.9. The average molecular weight is 497 g/mol. The second-order valence-corrected chi connectivity index (χ2v) is 9.77. The fourth-order valence-electron chi connectivity index (χ4n) is 4.90. The van der Waals surface area contributed by atoms with Crippen LogP contribution < -0.4 is 9.47 Å². The fourth-order valence-corrected chi connectivity index (χ4v) is 4.90. The molecule has 0 amide bonds.